The Kier molecular flexibility index (Phi) is 3.22. The van der Waals surface area contributed by atoms with Crippen LogP contribution in [0.5, 0.6) is 0 Å². The lowest BCUT2D eigenvalue weighted by Crippen LogP contribution is -2.04. The zero-order valence-corrected chi connectivity index (χ0v) is 9.78. The molecule has 0 radical (unpaired) electrons. The zero-order chi connectivity index (χ0) is 11.5. The second-order valence-electron chi connectivity index (χ2n) is 3.41. The molecule has 2 heterocycles. The van der Waals surface area contributed by atoms with E-state index in [1.807, 2.05) is 16.8 Å². The Balaban J connectivity index is 2.48. The van der Waals surface area contributed by atoms with Crippen molar-refractivity contribution in [2.75, 3.05) is 0 Å². The van der Waals surface area contributed by atoms with Gasteiger partial charge in [-0.2, -0.15) is 0 Å². The summed E-state index contributed by atoms with van der Waals surface area (Å²) in [5.74, 6) is 1.77. The van der Waals surface area contributed by atoms with Gasteiger partial charge in [-0.3, -0.25) is 4.57 Å². The van der Waals surface area contributed by atoms with Crippen molar-refractivity contribution in [2.45, 2.75) is 19.9 Å². The molecule has 0 spiro atoms. The van der Waals surface area contributed by atoms with Crippen LogP contribution in [0.15, 0.2) is 24.7 Å². The summed E-state index contributed by atoms with van der Waals surface area (Å²) in [5, 5.41) is 0.601. The number of halogens is 1. The summed E-state index contributed by atoms with van der Waals surface area (Å²) in [6.45, 7) is 2.46. The summed E-state index contributed by atoms with van der Waals surface area (Å²) in [6.07, 6.45) is 6.13. The third-order valence-corrected chi connectivity index (χ3v) is 2.76. The third kappa shape index (κ3) is 1.94. The van der Waals surface area contributed by atoms with Gasteiger partial charge < -0.3 is 5.73 Å². The molecular formula is C11H13ClN4. The Morgan fingerprint density at radius 2 is 2.25 bits per heavy atom. The molecule has 0 saturated heterocycles. The topological polar surface area (TPSA) is 56.7 Å². The number of hydrogen-bond donors (Lipinski definition) is 1. The van der Waals surface area contributed by atoms with Gasteiger partial charge in [-0.1, -0.05) is 18.5 Å². The molecule has 0 aliphatic heterocycles. The Hall–Kier alpha value is -1.39. The lowest BCUT2D eigenvalue weighted by molar-refractivity contribution is 0.863. The lowest BCUT2D eigenvalue weighted by Gasteiger charge is -2.08. The predicted octanol–water partition coefficient (Wildman–Crippen LogP) is 1.94. The van der Waals surface area contributed by atoms with Gasteiger partial charge in [0.25, 0.3) is 0 Å². The van der Waals surface area contributed by atoms with E-state index in [4.69, 9.17) is 17.3 Å². The van der Waals surface area contributed by atoms with E-state index < -0.39 is 0 Å². The fraction of sp³-hybridized carbons (Fsp3) is 0.273. The van der Waals surface area contributed by atoms with Crippen LogP contribution in [0.3, 0.4) is 0 Å². The molecule has 2 N–H and O–H groups in total. The second-order valence-corrected chi connectivity index (χ2v) is 3.81. The highest BCUT2D eigenvalue weighted by atomic mass is 35.5. The molecule has 2 aromatic rings. The average Bonchev–Trinajstić information content (AvgIpc) is 2.78. The highest BCUT2D eigenvalue weighted by Gasteiger charge is 2.06. The first-order valence-electron chi connectivity index (χ1n) is 5.13. The molecule has 0 aliphatic carbocycles. The molecule has 2 aromatic heterocycles. The summed E-state index contributed by atoms with van der Waals surface area (Å²) in [6, 6.07) is 1.89. The van der Waals surface area contributed by atoms with Gasteiger partial charge in [-0.05, 0) is 11.6 Å². The van der Waals surface area contributed by atoms with E-state index in [9.17, 15) is 0 Å². The second kappa shape index (κ2) is 4.63. The van der Waals surface area contributed by atoms with Gasteiger partial charge in [-0.15, -0.1) is 0 Å². The Morgan fingerprint density at radius 1 is 1.44 bits per heavy atom. The molecule has 16 heavy (non-hydrogen) atoms. The van der Waals surface area contributed by atoms with Crippen molar-refractivity contribution < 1.29 is 0 Å². The van der Waals surface area contributed by atoms with E-state index in [2.05, 4.69) is 16.9 Å². The van der Waals surface area contributed by atoms with E-state index in [-0.39, 0.29) is 0 Å². The summed E-state index contributed by atoms with van der Waals surface area (Å²) >= 11 is 5.96. The van der Waals surface area contributed by atoms with Gasteiger partial charge in [0.2, 0.25) is 0 Å². The van der Waals surface area contributed by atoms with Crippen LogP contribution in [-0.2, 0) is 13.0 Å². The molecule has 5 heteroatoms. The number of nitrogens with two attached hydrogens (primary N) is 1. The van der Waals surface area contributed by atoms with Gasteiger partial charge >= 0.3 is 0 Å². The van der Waals surface area contributed by atoms with Crippen molar-refractivity contribution >= 4 is 11.6 Å². The minimum Gasteiger partial charge on any atom is -0.326 e. The Morgan fingerprint density at radius 3 is 2.94 bits per heavy atom. The molecule has 0 fully saturated rings. The summed E-state index contributed by atoms with van der Waals surface area (Å²) in [7, 11) is 0. The van der Waals surface area contributed by atoms with Crippen LogP contribution in [0.4, 0.5) is 0 Å². The number of pyridine rings is 1. The minimum absolute atomic E-state index is 0.407. The minimum atomic E-state index is 0.407. The maximum atomic E-state index is 5.96. The van der Waals surface area contributed by atoms with E-state index in [1.54, 1.807) is 12.4 Å². The number of imidazole rings is 1. The largest absolute Gasteiger partial charge is 0.326 e. The van der Waals surface area contributed by atoms with Crippen molar-refractivity contribution in [1.82, 2.24) is 14.5 Å². The molecule has 4 nitrogen and oxygen atoms in total. The van der Waals surface area contributed by atoms with Crippen molar-refractivity contribution in [1.29, 1.82) is 0 Å². The monoisotopic (exact) mass is 236 g/mol. The van der Waals surface area contributed by atoms with Crippen LogP contribution < -0.4 is 5.73 Å². The normalized spacial score (nSPS) is 10.7. The number of nitrogens with zero attached hydrogens (tertiary/aromatic N) is 3. The van der Waals surface area contributed by atoms with Crippen molar-refractivity contribution in [3.8, 4) is 5.82 Å². The van der Waals surface area contributed by atoms with Crippen molar-refractivity contribution in [2.24, 2.45) is 5.73 Å². The summed E-state index contributed by atoms with van der Waals surface area (Å²) < 4.78 is 1.94. The summed E-state index contributed by atoms with van der Waals surface area (Å²) in [4.78, 5) is 8.52. The maximum Gasteiger partial charge on any atom is 0.138 e. The average molecular weight is 237 g/mol. The smallest absolute Gasteiger partial charge is 0.138 e. The first-order chi connectivity index (χ1) is 7.76. The molecule has 0 atom stereocenters. The SMILES string of the molecule is CCc1nccn1-c1cc(CN)c(Cl)cn1. The fourth-order valence-corrected chi connectivity index (χ4v) is 1.74. The molecule has 0 amide bonds. The van der Waals surface area contributed by atoms with Crippen LogP contribution in [0.1, 0.15) is 18.3 Å². The molecular weight excluding hydrogens is 224 g/mol. The van der Waals surface area contributed by atoms with E-state index in [0.29, 0.717) is 11.6 Å². The van der Waals surface area contributed by atoms with E-state index >= 15 is 0 Å². The lowest BCUT2D eigenvalue weighted by atomic mass is 10.2. The van der Waals surface area contributed by atoms with Gasteiger partial charge in [0.15, 0.2) is 0 Å². The third-order valence-electron chi connectivity index (χ3n) is 2.42. The Bertz CT molecular complexity index is 492. The van der Waals surface area contributed by atoms with Gasteiger partial charge in [0, 0.05) is 31.6 Å². The Labute approximate surface area is 99.1 Å². The standard InChI is InChI=1S/C11H13ClN4/c1-2-10-14-3-4-16(10)11-5-8(6-13)9(12)7-15-11/h3-5,7H,2,6,13H2,1H3. The number of rotatable bonds is 3. The van der Waals surface area contributed by atoms with Crippen LogP contribution in [-0.4, -0.2) is 14.5 Å². The molecule has 84 valence electrons. The molecule has 2 rings (SSSR count). The number of aromatic nitrogens is 3. The van der Waals surface area contributed by atoms with E-state index in [1.165, 1.54) is 0 Å². The van der Waals surface area contributed by atoms with E-state index in [0.717, 1.165) is 23.6 Å². The first kappa shape index (κ1) is 11.1. The van der Waals surface area contributed by atoms with Gasteiger partial charge in [0.1, 0.15) is 11.6 Å². The zero-order valence-electron chi connectivity index (χ0n) is 9.02. The highest BCUT2D eigenvalue weighted by molar-refractivity contribution is 6.31. The first-order valence-corrected chi connectivity index (χ1v) is 5.51. The van der Waals surface area contributed by atoms with Crippen molar-refractivity contribution in [3.63, 3.8) is 0 Å². The fourth-order valence-electron chi connectivity index (χ4n) is 1.56. The van der Waals surface area contributed by atoms with Gasteiger partial charge in [-0.25, -0.2) is 9.97 Å². The molecule has 0 bridgehead atoms. The van der Waals surface area contributed by atoms with Crippen LogP contribution in [0.2, 0.25) is 5.02 Å². The number of aryl methyl sites for hydroxylation is 1. The molecule has 0 saturated carbocycles. The maximum absolute atomic E-state index is 5.96. The van der Waals surface area contributed by atoms with Crippen LogP contribution in [0.25, 0.3) is 5.82 Å². The van der Waals surface area contributed by atoms with Crippen LogP contribution in [0, 0.1) is 0 Å². The number of hydrogen-bond acceptors (Lipinski definition) is 3. The van der Waals surface area contributed by atoms with Crippen molar-refractivity contribution in [3.05, 3.63) is 41.1 Å². The summed E-state index contributed by atoms with van der Waals surface area (Å²) in [5.41, 5.74) is 6.50. The van der Waals surface area contributed by atoms with Crippen LogP contribution >= 0.6 is 11.6 Å². The predicted molar refractivity (Wildman–Crippen MR) is 63.6 cm³/mol. The molecule has 0 aliphatic rings. The highest BCUT2D eigenvalue weighted by Crippen LogP contribution is 2.17. The van der Waals surface area contributed by atoms with Gasteiger partial charge in [0.05, 0.1) is 5.02 Å². The quantitative estimate of drug-likeness (QED) is 0.886. The molecule has 0 aromatic carbocycles. The molecule has 0 unspecified atom stereocenters.